The molecule has 294 valence electrons. The molecule has 0 atom stereocenters. The van der Waals surface area contributed by atoms with Crippen molar-refractivity contribution in [2.24, 2.45) is 0 Å². The fourth-order valence-corrected chi connectivity index (χ4v) is 8.52. The molecular weight excluding hydrogens is 725 g/mol. The van der Waals surface area contributed by atoms with Crippen molar-refractivity contribution in [3.8, 4) is 22.5 Å². The second-order valence-electron chi connectivity index (χ2n) is 15.6. The number of tetrazole rings is 1. The van der Waals surface area contributed by atoms with Crippen LogP contribution in [-0.2, 0) is 36.3 Å². The summed E-state index contributed by atoms with van der Waals surface area (Å²) in [5, 5.41) is 20.1. The van der Waals surface area contributed by atoms with Crippen molar-refractivity contribution >= 4 is 0 Å². The highest BCUT2D eigenvalue weighted by molar-refractivity contribution is 5.80. The first kappa shape index (κ1) is 38.1. The van der Waals surface area contributed by atoms with E-state index < -0.39 is 5.54 Å². The molecule has 1 aliphatic rings. The Labute approximate surface area is 347 Å². The number of aromatic nitrogens is 6. The van der Waals surface area contributed by atoms with E-state index in [0.29, 0.717) is 25.1 Å². The molecule has 0 aliphatic heterocycles. The number of rotatable bonds is 16. The number of ether oxygens (including phenoxy) is 1. The minimum Gasteiger partial charge on any atom is -0.370 e. The molecule has 7 heteroatoms. The summed E-state index contributed by atoms with van der Waals surface area (Å²) in [5.74, 6) is 0.570. The molecular formula is C52H50N6O. The van der Waals surface area contributed by atoms with E-state index >= 15 is 0 Å². The molecule has 9 rings (SSSR count). The number of aryl methyl sites for hydroxylation is 1. The molecule has 0 bridgehead atoms. The SMILES string of the molecule is CCCCc1nn(C2CCC2)c(COCc2ccccc2)c1Cc1ccc(-c2ccccc2-c2nnn(C(c3ccccc3)(c3ccccc3)c3ccccc3)n2)cc1. The third kappa shape index (κ3) is 7.78. The van der Waals surface area contributed by atoms with E-state index in [1.54, 1.807) is 4.80 Å². The lowest BCUT2D eigenvalue weighted by molar-refractivity contribution is 0.0968. The molecule has 0 amide bonds. The minimum absolute atomic E-state index is 0.461. The Morgan fingerprint density at radius 1 is 0.610 bits per heavy atom. The fourth-order valence-electron chi connectivity index (χ4n) is 8.52. The lowest BCUT2D eigenvalue weighted by atomic mass is 9.77. The van der Waals surface area contributed by atoms with Crippen LogP contribution in [0.2, 0.25) is 0 Å². The predicted octanol–water partition coefficient (Wildman–Crippen LogP) is 11.4. The molecule has 8 aromatic rings. The molecule has 1 fully saturated rings. The molecule has 59 heavy (non-hydrogen) atoms. The smallest absolute Gasteiger partial charge is 0.205 e. The first-order chi connectivity index (χ1) is 29.2. The zero-order valence-corrected chi connectivity index (χ0v) is 33.7. The van der Waals surface area contributed by atoms with Gasteiger partial charge in [-0.3, -0.25) is 4.68 Å². The molecule has 0 spiro atoms. The molecule has 0 N–H and O–H groups in total. The van der Waals surface area contributed by atoms with Crippen LogP contribution in [0.15, 0.2) is 170 Å². The highest BCUT2D eigenvalue weighted by Gasteiger charge is 2.41. The summed E-state index contributed by atoms with van der Waals surface area (Å²) in [6, 6.07) is 59.7. The second kappa shape index (κ2) is 17.6. The minimum atomic E-state index is -0.848. The van der Waals surface area contributed by atoms with Crippen LogP contribution in [0.25, 0.3) is 22.5 Å². The highest BCUT2D eigenvalue weighted by atomic mass is 16.5. The second-order valence-corrected chi connectivity index (χ2v) is 15.6. The highest BCUT2D eigenvalue weighted by Crippen LogP contribution is 2.41. The van der Waals surface area contributed by atoms with Gasteiger partial charge in [0.15, 0.2) is 5.54 Å². The zero-order chi connectivity index (χ0) is 39.9. The molecule has 2 aromatic heterocycles. The average molecular weight is 775 g/mol. The first-order valence-corrected chi connectivity index (χ1v) is 21.1. The van der Waals surface area contributed by atoms with Crippen molar-refractivity contribution in [1.29, 1.82) is 0 Å². The normalized spacial score (nSPS) is 13.0. The number of hydrogen-bond acceptors (Lipinski definition) is 5. The number of nitrogens with zero attached hydrogens (tertiary/aromatic N) is 6. The van der Waals surface area contributed by atoms with Gasteiger partial charge in [0.05, 0.1) is 30.6 Å². The van der Waals surface area contributed by atoms with Crippen LogP contribution in [-0.4, -0.2) is 30.0 Å². The summed E-state index contributed by atoms with van der Waals surface area (Å²) in [7, 11) is 0. The van der Waals surface area contributed by atoms with Crippen LogP contribution in [0.5, 0.6) is 0 Å². The Morgan fingerprint density at radius 3 is 1.76 bits per heavy atom. The van der Waals surface area contributed by atoms with Crippen molar-refractivity contribution in [3.05, 3.63) is 215 Å². The van der Waals surface area contributed by atoms with Gasteiger partial charge in [-0.05, 0) is 76.3 Å². The van der Waals surface area contributed by atoms with E-state index in [9.17, 15) is 0 Å². The van der Waals surface area contributed by atoms with Crippen LogP contribution < -0.4 is 0 Å². The maximum Gasteiger partial charge on any atom is 0.205 e. The molecule has 7 nitrogen and oxygen atoms in total. The quantitative estimate of drug-likeness (QED) is 0.0914. The maximum atomic E-state index is 6.41. The van der Waals surface area contributed by atoms with Crippen LogP contribution in [0, 0.1) is 0 Å². The van der Waals surface area contributed by atoms with Crippen LogP contribution in [0.4, 0.5) is 0 Å². The Bertz CT molecular complexity index is 2470. The third-order valence-electron chi connectivity index (χ3n) is 11.8. The van der Waals surface area contributed by atoms with Crippen LogP contribution in [0.1, 0.15) is 89.8 Å². The van der Waals surface area contributed by atoms with E-state index in [0.717, 1.165) is 59.1 Å². The van der Waals surface area contributed by atoms with Crippen molar-refractivity contribution in [3.63, 3.8) is 0 Å². The Morgan fingerprint density at radius 2 is 1.19 bits per heavy atom. The zero-order valence-electron chi connectivity index (χ0n) is 33.7. The molecule has 0 unspecified atom stereocenters. The topological polar surface area (TPSA) is 70.7 Å². The molecule has 1 aliphatic carbocycles. The number of unbranched alkanes of at least 4 members (excludes halogenated alkanes) is 1. The van der Waals surface area contributed by atoms with Crippen molar-refractivity contribution in [1.82, 2.24) is 30.0 Å². The van der Waals surface area contributed by atoms with Gasteiger partial charge in [-0.1, -0.05) is 183 Å². The van der Waals surface area contributed by atoms with Crippen LogP contribution >= 0.6 is 0 Å². The fraction of sp³-hybridized carbons (Fsp3) is 0.231. The summed E-state index contributed by atoms with van der Waals surface area (Å²) in [4.78, 5) is 1.79. The lowest BCUT2D eigenvalue weighted by Gasteiger charge is -2.34. The molecule has 0 saturated heterocycles. The van der Waals surface area contributed by atoms with E-state index in [4.69, 9.17) is 25.2 Å². The largest absolute Gasteiger partial charge is 0.370 e. The third-order valence-corrected chi connectivity index (χ3v) is 11.8. The first-order valence-electron chi connectivity index (χ1n) is 21.1. The summed E-state index contributed by atoms with van der Waals surface area (Å²) in [6.07, 6.45) is 7.68. The van der Waals surface area contributed by atoms with E-state index in [-0.39, 0.29) is 0 Å². The summed E-state index contributed by atoms with van der Waals surface area (Å²) < 4.78 is 8.73. The Balaban J connectivity index is 1.04. The summed E-state index contributed by atoms with van der Waals surface area (Å²) in [6.45, 7) is 3.40. The van der Waals surface area contributed by atoms with Crippen molar-refractivity contribution < 1.29 is 4.74 Å². The van der Waals surface area contributed by atoms with Crippen molar-refractivity contribution in [2.45, 2.75) is 76.7 Å². The molecule has 6 aromatic carbocycles. The molecule has 0 radical (unpaired) electrons. The van der Waals surface area contributed by atoms with E-state index in [1.807, 2.05) is 30.3 Å². The standard InChI is InChI=1S/C52H50N6O/c1-2-3-31-49-48(50(57(54-49)45-27-18-28-45)38-59-37-40-19-8-4-9-20-40)36-39-32-34-41(35-33-39)46-29-16-17-30-47(46)51-53-56-58(55-51)52(42-21-10-5-11-22-42,43-23-12-6-13-24-43)44-25-14-7-15-26-44/h4-17,19-26,29-30,32-35,45H,2-3,18,27-28,31,36-38H2,1H3. The van der Waals surface area contributed by atoms with Gasteiger partial charge >= 0.3 is 0 Å². The summed E-state index contributed by atoms with van der Waals surface area (Å²) in [5.41, 5.74) is 11.6. The Kier molecular flexibility index (Phi) is 11.4. The maximum absolute atomic E-state index is 6.41. The van der Waals surface area contributed by atoms with Gasteiger partial charge in [-0.2, -0.15) is 5.10 Å². The molecule has 1 saturated carbocycles. The van der Waals surface area contributed by atoms with E-state index in [2.05, 4.69) is 151 Å². The van der Waals surface area contributed by atoms with Crippen LogP contribution in [0.3, 0.4) is 0 Å². The van der Waals surface area contributed by atoms with Crippen molar-refractivity contribution in [2.75, 3.05) is 0 Å². The van der Waals surface area contributed by atoms with Gasteiger partial charge in [-0.25, -0.2) is 0 Å². The van der Waals surface area contributed by atoms with Gasteiger partial charge in [-0.15, -0.1) is 15.0 Å². The van der Waals surface area contributed by atoms with Gasteiger partial charge < -0.3 is 4.74 Å². The van der Waals surface area contributed by atoms with Gasteiger partial charge in [0, 0.05) is 17.5 Å². The Hall–Kier alpha value is -6.44. The van der Waals surface area contributed by atoms with Gasteiger partial charge in [0.25, 0.3) is 0 Å². The van der Waals surface area contributed by atoms with E-state index in [1.165, 1.54) is 47.3 Å². The monoisotopic (exact) mass is 774 g/mol. The lowest BCUT2D eigenvalue weighted by Crippen LogP contribution is -2.39. The summed E-state index contributed by atoms with van der Waals surface area (Å²) >= 11 is 0. The van der Waals surface area contributed by atoms with Gasteiger partial charge in [0.2, 0.25) is 5.82 Å². The molecule has 2 heterocycles. The average Bonchev–Trinajstić information content (AvgIpc) is 3.90. The number of hydrogen-bond donors (Lipinski definition) is 0. The number of benzene rings is 6. The van der Waals surface area contributed by atoms with Gasteiger partial charge in [0.1, 0.15) is 0 Å². The predicted molar refractivity (Wildman–Crippen MR) is 235 cm³/mol.